The van der Waals surface area contributed by atoms with Crippen molar-refractivity contribution in [2.24, 2.45) is 0 Å². The van der Waals surface area contributed by atoms with E-state index < -0.39 is 10.0 Å². The molecule has 0 atom stereocenters. The van der Waals surface area contributed by atoms with Crippen molar-refractivity contribution < 1.29 is 12.8 Å². The normalized spacial score (nSPS) is 15.3. The maximum Gasteiger partial charge on any atom is 0.260 e. The molecule has 1 aliphatic rings. The number of likely N-dealkylation sites (N-methyl/N-ethyl adjacent to an activating group) is 1. The SMILES string of the molecule is CN(C)CCN(c1nccc(Nc2ccc(F)cc2)n1)N(C1CCN(C)CC1)S(=O)(=O)c1ccccc1. The van der Waals surface area contributed by atoms with E-state index in [1.54, 1.807) is 59.7 Å². The molecule has 0 spiro atoms. The van der Waals surface area contributed by atoms with Crippen LogP contribution >= 0.6 is 0 Å². The molecule has 9 nitrogen and oxygen atoms in total. The van der Waals surface area contributed by atoms with Gasteiger partial charge in [-0.1, -0.05) is 18.2 Å². The molecule has 1 saturated heterocycles. The fourth-order valence-electron chi connectivity index (χ4n) is 4.24. The summed E-state index contributed by atoms with van der Waals surface area (Å²) in [7, 11) is 2.02. The molecule has 2 aromatic carbocycles. The topological polar surface area (TPSA) is 84.9 Å². The molecule has 0 saturated carbocycles. The second kappa shape index (κ2) is 12.0. The van der Waals surface area contributed by atoms with Crippen LogP contribution in [0.15, 0.2) is 71.8 Å². The molecular weight excluding hydrogens is 493 g/mol. The standard InChI is InChI=1S/C26H34FN7O2S/c1-31(2)19-20-33(26-28-16-13-25(30-26)29-22-11-9-21(27)10-12-22)34(23-14-17-32(3)18-15-23)37(35,36)24-7-5-4-6-8-24/h4-13,16,23H,14-15,17-20H2,1-3H3,(H,28,29,30). The van der Waals surface area contributed by atoms with Gasteiger partial charge in [0.2, 0.25) is 5.95 Å². The first kappa shape index (κ1) is 26.9. The molecule has 37 heavy (non-hydrogen) atoms. The number of piperidine rings is 1. The minimum atomic E-state index is -3.91. The van der Waals surface area contributed by atoms with Crippen LogP contribution in [-0.4, -0.2) is 86.0 Å². The monoisotopic (exact) mass is 527 g/mol. The number of hydrogen-bond acceptors (Lipinski definition) is 8. The maximum atomic E-state index is 14.1. The molecule has 0 unspecified atom stereocenters. The van der Waals surface area contributed by atoms with Gasteiger partial charge in [-0.3, -0.25) is 5.01 Å². The summed E-state index contributed by atoms with van der Waals surface area (Å²) in [6.45, 7) is 2.54. The predicted molar refractivity (Wildman–Crippen MR) is 144 cm³/mol. The van der Waals surface area contributed by atoms with Gasteiger partial charge in [-0.05, 0) is 89.5 Å². The number of nitrogens with zero attached hydrogens (tertiary/aromatic N) is 6. The number of hydrazine groups is 1. The number of likely N-dealkylation sites (tertiary alicyclic amines) is 1. The van der Waals surface area contributed by atoms with Crippen LogP contribution in [0.25, 0.3) is 0 Å². The van der Waals surface area contributed by atoms with Crippen LogP contribution in [0.3, 0.4) is 0 Å². The quantitative estimate of drug-likeness (QED) is 0.402. The van der Waals surface area contributed by atoms with Crippen LogP contribution in [0.2, 0.25) is 0 Å². The number of nitrogens with one attached hydrogen (secondary N) is 1. The summed E-state index contributed by atoms with van der Waals surface area (Å²) in [6, 6.07) is 15.9. The van der Waals surface area contributed by atoms with E-state index in [-0.39, 0.29) is 22.7 Å². The van der Waals surface area contributed by atoms with Crippen molar-refractivity contribution in [1.82, 2.24) is 24.2 Å². The smallest absolute Gasteiger partial charge is 0.260 e. The van der Waals surface area contributed by atoms with E-state index in [4.69, 9.17) is 0 Å². The van der Waals surface area contributed by atoms with Crippen molar-refractivity contribution in [3.05, 3.63) is 72.7 Å². The molecule has 2 heterocycles. The van der Waals surface area contributed by atoms with Gasteiger partial charge in [0.25, 0.3) is 10.0 Å². The first-order valence-electron chi connectivity index (χ1n) is 12.3. The molecule has 1 fully saturated rings. The fraction of sp³-hybridized carbons (Fsp3) is 0.385. The summed E-state index contributed by atoms with van der Waals surface area (Å²) in [5, 5.41) is 4.85. The number of benzene rings is 2. The van der Waals surface area contributed by atoms with Gasteiger partial charge in [0.05, 0.1) is 11.4 Å². The zero-order chi connectivity index (χ0) is 26.4. The summed E-state index contributed by atoms with van der Waals surface area (Å²) in [5.41, 5.74) is 0.662. The third kappa shape index (κ3) is 6.80. The molecule has 3 aromatic rings. The zero-order valence-electron chi connectivity index (χ0n) is 21.5. The molecule has 0 aliphatic carbocycles. The minimum absolute atomic E-state index is 0.226. The average Bonchev–Trinajstić information content (AvgIpc) is 2.89. The lowest BCUT2D eigenvalue weighted by molar-refractivity contribution is 0.171. The molecule has 4 rings (SSSR count). The Hall–Kier alpha value is -3.12. The minimum Gasteiger partial charge on any atom is -0.340 e. The van der Waals surface area contributed by atoms with Gasteiger partial charge >= 0.3 is 0 Å². The second-order valence-electron chi connectivity index (χ2n) is 9.43. The van der Waals surface area contributed by atoms with Gasteiger partial charge in [-0.2, -0.15) is 4.98 Å². The molecule has 1 N–H and O–H groups in total. The highest BCUT2D eigenvalue weighted by molar-refractivity contribution is 7.89. The third-order valence-corrected chi connectivity index (χ3v) is 8.13. The van der Waals surface area contributed by atoms with E-state index in [0.717, 1.165) is 13.1 Å². The van der Waals surface area contributed by atoms with Gasteiger partial charge < -0.3 is 15.1 Å². The summed E-state index contributed by atoms with van der Waals surface area (Å²) in [5.74, 6) is 0.419. The van der Waals surface area contributed by atoms with Crippen LogP contribution in [0.1, 0.15) is 12.8 Å². The molecule has 0 bridgehead atoms. The van der Waals surface area contributed by atoms with Crippen LogP contribution in [0.4, 0.5) is 21.8 Å². The lowest BCUT2D eigenvalue weighted by atomic mass is 10.1. The number of rotatable bonds is 10. The van der Waals surface area contributed by atoms with Crippen molar-refractivity contribution >= 4 is 27.5 Å². The second-order valence-corrected chi connectivity index (χ2v) is 11.2. The molecule has 0 amide bonds. The third-order valence-electron chi connectivity index (χ3n) is 6.28. The highest BCUT2D eigenvalue weighted by Gasteiger charge is 2.39. The van der Waals surface area contributed by atoms with E-state index >= 15 is 0 Å². The molecule has 1 aliphatic heterocycles. The van der Waals surface area contributed by atoms with Crippen LogP contribution in [-0.2, 0) is 10.0 Å². The van der Waals surface area contributed by atoms with Gasteiger partial charge in [0.1, 0.15) is 11.6 Å². The Labute approximate surface area is 218 Å². The Morgan fingerprint density at radius 1 is 1.00 bits per heavy atom. The maximum absolute atomic E-state index is 14.1. The van der Waals surface area contributed by atoms with E-state index in [1.807, 2.05) is 26.0 Å². The van der Waals surface area contributed by atoms with E-state index in [1.165, 1.54) is 16.5 Å². The molecule has 0 radical (unpaired) electrons. The van der Waals surface area contributed by atoms with Crippen molar-refractivity contribution in [2.75, 3.05) is 57.6 Å². The summed E-state index contributed by atoms with van der Waals surface area (Å²) < 4.78 is 43.1. The van der Waals surface area contributed by atoms with Crippen molar-refractivity contribution in [3.8, 4) is 0 Å². The number of sulfonamides is 1. The molecule has 11 heteroatoms. The Balaban J connectivity index is 1.75. The summed E-state index contributed by atoms with van der Waals surface area (Å²) in [6.07, 6.45) is 2.97. The lowest BCUT2D eigenvalue weighted by Gasteiger charge is -2.42. The van der Waals surface area contributed by atoms with Crippen LogP contribution in [0.5, 0.6) is 0 Å². The average molecular weight is 528 g/mol. The van der Waals surface area contributed by atoms with Crippen molar-refractivity contribution in [2.45, 2.75) is 23.8 Å². The summed E-state index contributed by atoms with van der Waals surface area (Å²) in [4.78, 5) is 13.6. The van der Waals surface area contributed by atoms with Gasteiger partial charge in [0.15, 0.2) is 0 Å². The highest BCUT2D eigenvalue weighted by Crippen LogP contribution is 2.29. The van der Waals surface area contributed by atoms with Gasteiger partial charge in [-0.25, -0.2) is 17.8 Å². The summed E-state index contributed by atoms with van der Waals surface area (Å²) >= 11 is 0. The first-order chi connectivity index (χ1) is 17.7. The van der Waals surface area contributed by atoms with E-state index in [9.17, 15) is 12.8 Å². The van der Waals surface area contributed by atoms with Gasteiger partial charge in [0, 0.05) is 24.5 Å². The zero-order valence-corrected chi connectivity index (χ0v) is 22.3. The number of halogens is 1. The van der Waals surface area contributed by atoms with Crippen molar-refractivity contribution in [3.63, 3.8) is 0 Å². The molecule has 198 valence electrons. The Kier molecular flexibility index (Phi) is 8.70. The van der Waals surface area contributed by atoms with Gasteiger partial charge in [-0.15, -0.1) is 4.41 Å². The number of anilines is 3. The lowest BCUT2D eigenvalue weighted by Crippen LogP contribution is -2.57. The Bertz CT molecular complexity index is 1250. The van der Waals surface area contributed by atoms with Crippen molar-refractivity contribution in [1.29, 1.82) is 0 Å². The van der Waals surface area contributed by atoms with E-state index in [2.05, 4.69) is 20.2 Å². The Morgan fingerprint density at radius 3 is 2.32 bits per heavy atom. The Morgan fingerprint density at radius 2 is 1.68 bits per heavy atom. The van der Waals surface area contributed by atoms with Crippen LogP contribution in [0, 0.1) is 5.82 Å². The first-order valence-corrected chi connectivity index (χ1v) is 13.7. The van der Waals surface area contributed by atoms with Crippen LogP contribution < -0.4 is 10.3 Å². The number of hydrogen-bond donors (Lipinski definition) is 1. The number of aromatic nitrogens is 2. The van der Waals surface area contributed by atoms with E-state index in [0.29, 0.717) is 37.4 Å². The fourth-order valence-corrected chi connectivity index (χ4v) is 5.98. The molecular formula is C26H34FN7O2S. The largest absolute Gasteiger partial charge is 0.340 e. The predicted octanol–water partition coefficient (Wildman–Crippen LogP) is 3.43. The molecule has 1 aromatic heterocycles. The highest BCUT2D eigenvalue weighted by atomic mass is 32.2.